The maximum absolute atomic E-state index is 11.5. The minimum atomic E-state index is -0.766. The highest BCUT2D eigenvalue weighted by atomic mass is 35.5. The first-order chi connectivity index (χ1) is 7.56. The van der Waals surface area contributed by atoms with Crippen molar-refractivity contribution in [2.24, 2.45) is 0 Å². The molecule has 0 unspecified atom stereocenters. The summed E-state index contributed by atoms with van der Waals surface area (Å²) in [6.07, 6.45) is 1.57. The number of ether oxygens (including phenoxy) is 1. The molecule has 1 rings (SSSR count). The highest BCUT2D eigenvalue weighted by molar-refractivity contribution is 6.29. The Morgan fingerprint density at radius 2 is 2.38 bits per heavy atom. The second-order valence-electron chi connectivity index (χ2n) is 2.92. The zero-order valence-electron chi connectivity index (χ0n) is 8.47. The van der Waals surface area contributed by atoms with Gasteiger partial charge in [0.05, 0.1) is 11.5 Å². The van der Waals surface area contributed by atoms with Crippen LogP contribution in [-0.4, -0.2) is 22.5 Å². The zero-order chi connectivity index (χ0) is 12.1. The monoisotopic (exact) mass is 244 g/mol. The van der Waals surface area contributed by atoms with Gasteiger partial charge in [-0.3, -0.25) is 10.1 Å². The molecular formula is C9H9ClN2O4. The van der Waals surface area contributed by atoms with Gasteiger partial charge in [-0.05, 0) is 12.5 Å². The van der Waals surface area contributed by atoms with Crippen molar-refractivity contribution in [2.45, 2.75) is 13.3 Å². The minimum Gasteiger partial charge on any atom is -0.462 e. The molecule has 6 nitrogen and oxygen atoms in total. The first kappa shape index (κ1) is 12.4. The lowest BCUT2D eigenvalue weighted by Crippen LogP contribution is -2.09. The maximum Gasteiger partial charge on any atom is 0.345 e. The fourth-order valence-electron chi connectivity index (χ4n) is 1.00. The lowest BCUT2D eigenvalue weighted by Gasteiger charge is -2.03. The lowest BCUT2D eigenvalue weighted by molar-refractivity contribution is -0.385. The Morgan fingerprint density at radius 1 is 1.69 bits per heavy atom. The molecule has 0 bridgehead atoms. The zero-order valence-corrected chi connectivity index (χ0v) is 9.23. The highest BCUT2D eigenvalue weighted by Gasteiger charge is 2.22. The molecule has 0 radical (unpaired) electrons. The van der Waals surface area contributed by atoms with Crippen LogP contribution in [0.1, 0.15) is 23.7 Å². The summed E-state index contributed by atoms with van der Waals surface area (Å²) in [6, 6.07) is 1.12. The molecule has 0 aliphatic carbocycles. The Morgan fingerprint density at radius 3 is 2.94 bits per heavy atom. The third-order valence-electron chi connectivity index (χ3n) is 1.70. The molecule has 0 atom stereocenters. The number of nitrogens with zero attached hydrogens (tertiary/aromatic N) is 2. The van der Waals surface area contributed by atoms with Crippen LogP contribution in [0.2, 0.25) is 5.15 Å². The number of nitro groups is 1. The van der Waals surface area contributed by atoms with E-state index in [1.54, 1.807) is 0 Å². The van der Waals surface area contributed by atoms with Gasteiger partial charge in [-0.25, -0.2) is 9.78 Å². The van der Waals surface area contributed by atoms with Crippen molar-refractivity contribution < 1.29 is 14.5 Å². The highest BCUT2D eigenvalue weighted by Crippen LogP contribution is 2.21. The third-order valence-corrected chi connectivity index (χ3v) is 1.91. The van der Waals surface area contributed by atoms with Crippen molar-refractivity contribution >= 4 is 23.3 Å². The normalized spacial score (nSPS) is 9.88. The summed E-state index contributed by atoms with van der Waals surface area (Å²) in [4.78, 5) is 24.9. The largest absolute Gasteiger partial charge is 0.462 e. The summed E-state index contributed by atoms with van der Waals surface area (Å²) in [5.74, 6) is -0.766. The van der Waals surface area contributed by atoms with Gasteiger partial charge in [-0.15, -0.1) is 0 Å². The Labute approximate surface area is 96.3 Å². The number of esters is 1. The van der Waals surface area contributed by atoms with Crippen molar-refractivity contribution in [1.82, 2.24) is 4.98 Å². The van der Waals surface area contributed by atoms with E-state index >= 15 is 0 Å². The fourth-order valence-corrected chi connectivity index (χ4v) is 1.16. The SMILES string of the molecule is CCCOC(=O)c1cc(Cl)ncc1[N+](=O)[O-]. The van der Waals surface area contributed by atoms with Crippen LogP contribution in [0.25, 0.3) is 0 Å². The summed E-state index contributed by atoms with van der Waals surface area (Å²) < 4.78 is 4.79. The van der Waals surface area contributed by atoms with Gasteiger partial charge in [0.25, 0.3) is 0 Å². The van der Waals surface area contributed by atoms with E-state index in [1.807, 2.05) is 6.92 Å². The number of aromatic nitrogens is 1. The molecule has 1 aromatic heterocycles. The predicted octanol–water partition coefficient (Wildman–Crippen LogP) is 2.21. The fraction of sp³-hybridized carbons (Fsp3) is 0.333. The van der Waals surface area contributed by atoms with Crippen LogP contribution in [0.5, 0.6) is 0 Å². The molecule has 0 fully saturated rings. The Balaban J connectivity index is 3.04. The van der Waals surface area contributed by atoms with Gasteiger partial charge < -0.3 is 4.74 Å². The second-order valence-corrected chi connectivity index (χ2v) is 3.30. The van der Waals surface area contributed by atoms with Gasteiger partial charge in [-0.1, -0.05) is 18.5 Å². The summed E-state index contributed by atoms with van der Waals surface area (Å²) in [5, 5.41) is 10.6. The van der Waals surface area contributed by atoms with E-state index in [1.165, 1.54) is 0 Å². The smallest absolute Gasteiger partial charge is 0.345 e. The topological polar surface area (TPSA) is 82.3 Å². The molecule has 0 saturated carbocycles. The van der Waals surface area contributed by atoms with E-state index in [9.17, 15) is 14.9 Å². The van der Waals surface area contributed by atoms with Crippen LogP contribution >= 0.6 is 11.6 Å². The van der Waals surface area contributed by atoms with Crippen LogP contribution in [0.4, 0.5) is 5.69 Å². The molecular weight excluding hydrogens is 236 g/mol. The molecule has 0 amide bonds. The van der Waals surface area contributed by atoms with Gasteiger partial charge >= 0.3 is 11.7 Å². The molecule has 0 spiro atoms. The van der Waals surface area contributed by atoms with E-state index in [-0.39, 0.29) is 17.3 Å². The second kappa shape index (κ2) is 5.41. The van der Waals surface area contributed by atoms with Gasteiger partial charge in [-0.2, -0.15) is 0 Å². The third kappa shape index (κ3) is 2.90. The van der Waals surface area contributed by atoms with Gasteiger partial charge in [0.2, 0.25) is 0 Å². The Kier molecular flexibility index (Phi) is 4.19. The van der Waals surface area contributed by atoms with Gasteiger partial charge in [0.1, 0.15) is 16.9 Å². The van der Waals surface area contributed by atoms with Crippen LogP contribution in [0.3, 0.4) is 0 Å². The number of carbonyl (C=O) groups excluding carboxylic acids is 1. The molecule has 7 heteroatoms. The van der Waals surface area contributed by atoms with Gasteiger partial charge in [0, 0.05) is 0 Å². The summed E-state index contributed by atoms with van der Waals surface area (Å²) in [7, 11) is 0. The number of pyridine rings is 1. The van der Waals surface area contributed by atoms with E-state index < -0.39 is 16.6 Å². The molecule has 0 aromatic carbocycles. The minimum absolute atomic E-state index is 0.00838. The first-order valence-electron chi connectivity index (χ1n) is 4.53. The molecule has 0 N–H and O–H groups in total. The number of hydrogen-bond acceptors (Lipinski definition) is 5. The quantitative estimate of drug-likeness (QED) is 0.351. The van der Waals surface area contributed by atoms with Crippen LogP contribution < -0.4 is 0 Å². The average molecular weight is 245 g/mol. The van der Waals surface area contributed by atoms with Crippen molar-refractivity contribution in [3.63, 3.8) is 0 Å². The molecule has 0 aliphatic rings. The number of rotatable bonds is 4. The van der Waals surface area contributed by atoms with Crippen molar-refractivity contribution in [3.8, 4) is 0 Å². The molecule has 1 heterocycles. The van der Waals surface area contributed by atoms with Crippen LogP contribution in [0.15, 0.2) is 12.3 Å². The molecule has 86 valence electrons. The summed E-state index contributed by atoms with van der Waals surface area (Å²) >= 11 is 5.56. The molecule has 16 heavy (non-hydrogen) atoms. The van der Waals surface area contributed by atoms with E-state index in [4.69, 9.17) is 16.3 Å². The first-order valence-corrected chi connectivity index (χ1v) is 4.91. The molecule has 0 aliphatic heterocycles. The average Bonchev–Trinajstić information content (AvgIpc) is 2.25. The molecule has 1 aromatic rings. The predicted molar refractivity (Wildman–Crippen MR) is 56.5 cm³/mol. The maximum atomic E-state index is 11.5. The number of hydrogen-bond donors (Lipinski definition) is 0. The van der Waals surface area contributed by atoms with Crippen LogP contribution in [0, 0.1) is 10.1 Å². The standard InChI is InChI=1S/C9H9ClN2O4/c1-2-3-16-9(13)6-4-8(10)11-5-7(6)12(14)15/h4-5H,2-3H2,1H3. The van der Waals surface area contributed by atoms with E-state index in [0.29, 0.717) is 6.42 Å². The molecule has 0 saturated heterocycles. The number of halogens is 1. The summed E-state index contributed by atoms with van der Waals surface area (Å²) in [5.41, 5.74) is -0.594. The summed E-state index contributed by atoms with van der Waals surface area (Å²) in [6.45, 7) is 2.02. The van der Waals surface area contributed by atoms with Crippen molar-refractivity contribution in [2.75, 3.05) is 6.61 Å². The van der Waals surface area contributed by atoms with Gasteiger partial charge in [0.15, 0.2) is 0 Å². The van der Waals surface area contributed by atoms with Crippen molar-refractivity contribution in [3.05, 3.63) is 33.1 Å². The van der Waals surface area contributed by atoms with E-state index in [2.05, 4.69) is 4.98 Å². The Hall–Kier alpha value is -1.69. The number of carbonyl (C=O) groups is 1. The Bertz CT molecular complexity index is 422. The van der Waals surface area contributed by atoms with Crippen LogP contribution in [-0.2, 0) is 4.74 Å². The lowest BCUT2D eigenvalue weighted by atomic mass is 10.2. The van der Waals surface area contributed by atoms with Crippen molar-refractivity contribution in [1.29, 1.82) is 0 Å². The van der Waals surface area contributed by atoms with E-state index in [0.717, 1.165) is 12.3 Å².